The van der Waals surface area contributed by atoms with E-state index in [-0.39, 0.29) is 5.56 Å². The van der Waals surface area contributed by atoms with Gasteiger partial charge in [0.2, 0.25) is 0 Å². The molecule has 0 unspecified atom stereocenters. The van der Waals surface area contributed by atoms with Gasteiger partial charge in [-0.2, -0.15) is 0 Å². The summed E-state index contributed by atoms with van der Waals surface area (Å²) in [5.41, 5.74) is 0.578. The van der Waals surface area contributed by atoms with Crippen molar-refractivity contribution < 1.29 is 0 Å². The van der Waals surface area contributed by atoms with E-state index in [2.05, 4.69) is 4.98 Å². The van der Waals surface area contributed by atoms with Crippen LogP contribution in [-0.4, -0.2) is 9.55 Å². The molecular formula is C9H7ClN2OS. The van der Waals surface area contributed by atoms with Gasteiger partial charge < -0.3 is 4.57 Å². The standard InChI is InChI=1S/C9H7ClN2OS/c1-12-7-3-2-5(10)4-6(7)8(13)11-9(12)14/h2-4H,1H3,(H,11,13,14). The molecule has 0 fully saturated rings. The van der Waals surface area contributed by atoms with Crippen molar-refractivity contribution in [3.05, 3.63) is 38.3 Å². The third-order valence-corrected chi connectivity index (χ3v) is 2.70. The summed E-state index contributed by atoms with van der Waals surface area (Å²) in [5.74, 6) is 0. The van der Waals surface area contributed by atoms with Crippen molar-refractivity contribution in [1.29, 1.82) is 0 Å². The molecule has 2 rings (SSSR count). The van der Waals surface area contributed by atoms with Gasteiger partial charge in [0.15, 0.2) is 4.77 Å². The van der Waals surface area contributed by atoms with Crippen molar-refractivity contribution in [2.75, 3.05) is 0 Å². The normalized spacial score (nSPS) is 10.7. The molecule has 0 atom stereocenters. The lowest BCUT2D eigenvalue weighted by Gasteiger charge is -2.04. The maximum atomic E-state index is 11.5. The lowest BCUT2D eigenvalue weighted by atomic mass is 10.2. The summed E-state index contributed by atoms with van der Waals surface area (Å²) >= 11 is 10.8. The number of hydrogen-bond acceptors (Lipinski definition) is 2. The molecule has 72 valence electrons. The van der Waals surface area contributed by atoms with Crippen LogP contribution in [-0.2, 0) is 7.05 Å². The first-order valence-electron chi connectivity index (χ1n) is 3.98. The number of H-pyrrole nitrogens is 1. The van der Waals surface area contributed by atoms with Crippen LogP contribution in [0.2, 0.25) is 5.02 Å². The molecule has 0 bridgehead atoms. The summed E-state index contributed by atoms with van der Waals surface area (Å²) in [6, 6.07) is 5.14. The minimum absolute atomic E-state index is 0.203. The summed E-state index contributed by atoms with van der Waals surface area (Å²) in [6.07, 6.45) is 0. The van der Waals surface area contributed by atoms with Crippen LogP contribution in [0, 0.1) is 4.77 Å². The second-order valence-electron chi connectivity index (χ2n) is 2.98. The summed E-state index contributed by atoms with van der Waals surface area (Å²) in [7, 11) is 1.80. The SMILES string of the molecule is Cn1c(=S)[nH]c(=O)c2cc(Cl)ccc21. The van der Waals surface area contributed by atoms with Crippen LogP contribution in [0.25, 0.3) is 10.9 Å². The number of aromatic amines is 1. The van der Waals surface area contributed by atoms with Crippen LogP contribution < -0.4 is 5.56 Å². The van der Waals surface area contributed by atoms with Crippen molar-refractivity contribution in [2.45, 2.75) is 0 Å². The summed E-state index contributed by atoms with van der Waals surface area (Å²) < 4.78 is 2.15. The predicted octanol–water partition coefficient (Wildman–Crippen LogP) is 2.25. The van der Waals surface area contributed by atoms with Gasteiger partial charge in [-0.1, -0.05) is 11.6 Å². The lowest BCUT2D eigenvalue weighted by Crippen LogP contribution is -2.12. The zero-order chi connectivity index (χ0) is 10.3. The molecule has 0 saturated heterocycles. The van der Waals surface area contributed by atoms with E-state index < -0.39 is 0 Å². The number of aromatic nitrogens is 2. The van der Waals surface area contributed by atoms with E-state index >= 15 is 0 Å². The van der Waals surface area contributed by atoms with Gasteiger partial charge in [0.05, 0.1) is 10.9 Å². The molecule has 14 heavy (non-hydrogen) atoms. The Kier molecular flexibility index (Phi) is 2.17. The van der Waals surface area contributed by atoms with Gasteiger partial charge in [-0.3, -0.25) is 9.78 Å². The van der Waals surface area contributed by atoms with Crippen LogP contribution >= 0.6 is 23.8 Å². The highest BCUT2D eigenvalue weighted by atomic mass is 35.5. The lowest BCUT2D eigenvalue weighted by molar-refractivity contribution is 0.879. The smallest absolute Gasteiger partial charge is 0.259 e. The van der Waals surface area contributed by atoms with Crippen molar-refractivity contribution in [3.8, 4) is 0 Å². The zero-order valence-electron chi connectivity index (χ0n) is 7.37. The highest BCUT2D eigenvalue weighted by molar-refractivity contribution is 7.71. The minimum Gasteiger partial charge on any atom is -0.321 e. The van der Waals surface area contributed by atoms with Gasteiger partial charge in [-0.25, -0.2) is 0 Å². The van der Waals surface area contributed by atoms with Gasteiger partial charge in [-0.05, 0) is 30.4 Å². The Balaban J connectivity index is 3.10. The van der Waals surface area contributed by atoms with Crippen molar-refractivity contribution >= 4 is 34.7 Å². The fraction of sp³-hybridized carbons (Fsp3) is 0.111. The Morgan fingerprint density at radius 3 is 2.93 bits per heavy atom. The van der Waals surface area contributed by atoms with E-state index in [0.717, 1.165) is 5.52 Å². The van der Waals surface area contributed by atoms with E-state index in [0.29, 0.717) is 15.2 Å². The molecule has 0 aliphatic carbocycles. The number of aryl methyl sites for hydroxylation is 1. The van der Waals surface area contributed by atoms with Crippen LogP contribution in [0.3, 0.4) is 0 Å². The Morgan fingerprint density at radius 1 is 1.50 bits per heavy atom. The number of nitrogens with one attached hydrogen (secondary N) is 1. The number of halogens is 1. The zero-order valence-corrected chi connectivity index (χ0v) is 8.95. The second kappa shape index (κ2) is 3.22. The maximum absolute atomic E-state index is 11.5. The first-order valence-corrected chi connectivity index (χ1v) is 4.77. The van der Waals surface area contributed by atoms with Crippen LogP contribution in [0.5, 0.6) is 0 Å². The molecule has 0 spiro atoms. The third-order valence-electron chi connectivity index (χ3n) is 2.09. The first-order chi connectivity index (χ1) is 6.59. The molecule has 0 radical (unpaired) electrons. The van der Waals surface area contributed by atoms with Gasteiger partial charge in [0.1, 0.15) is 0 Å². The Morgan fingerprint density at radius 2 is 2.21 bits per heavy atom. The topological polar surface area (TPSA) is 37.8 Å². The highest BCUT2D eigenvalue weighted by Crippen LogP contribution is 2.15. The Labute approximate surface area is 90.0 Å². The molecule has 2 aromatic rings. The van der Waals surface area contributed by atoms with Gasteiger partial charge in [-0.15, -0.1) is 0 Å². The van der Waals surface area contributed by atoms with Gasteiger partial charge in [0, 0.05) is 12.1 Å². The van der Waals surface area contributed by atoms with Gasteiger partial charge >= 0.3 is 0 Å². The summed E-state index contributed by atoms with van der Waals surface area (Å²) in [5, 5.41) is 1.09. The van der Waals surface area contributed by atoms with Crippen molar-refractivity contribution in [2.24, 2.45) is 7.05 Å². The van der Waals surface area contributed by atoms with E-state index in [9.17, 15) is 4.79 Å². The number of hydrogen-bond donors (Lipinski definition) is 1. The minimum atomic E-state index is -0.203. The van der Waals surface area contributed by atoms with Crippen LogP contribution in [0.1, 0.15) is 0 Å². The molecule has 0 saturated carbocycles. The van der Waals surface area contributed by atoms with E-state index in [4.69, 9.17) is 23.8 Å². The second-order valence-corrected chi connectivity index (χ2v) is 3.80. The van der Waals surface area contributed by atoms with E-state index in [1.54, 1.807) is 29.8 Å². The molecule has 1 N–H and O–H groups in total. The van der Waals surface area contributed by atoms with Crippen LogP contribution in [0.15, 0.2) is 23.0 Å². The number of benzene rings is 1. The number of nitrogens with zero attached hydrogens (tertiary/aromatic N) is 1. The maximum Gasteiger partial charge on any atom is 0.259 e. The molecule has 5 heteroatoms. The molecule has 0 aliphatic heterocycles. The molecule has 1 heterocycles. The summed E-state index contributed by atoms with van der Waals surface area (Å²) in [4.78, 5) is 14.1. The molecule has 1 aromatic carbocycles. The third kappa shape index (κ3) is 1.36. The number of rotatable bonds is 0. The van der Waals surface area contributed by atoms with Gasteiger partial charge in [0.25, 0.3) is 5.56 Å². The highest BCUT2D eigenvalue weighted by Gasteiger charge is 2.02. The van der Waals surface area contributed by atoms with E-state index in [1.807, 2.05) is 0 Å². The molecule has 1 aromatic heterocycles. The Hall–Kier alpha value is -1.13. The molecular weight excluding hydrogens is 220 g/mol. The first kappa shape index (κ1) is 9.43. The average molecular weight is 227 g/mol. The van der Waals surface area contributed by atoms with Crippen LogP contribution in [0.4, 0.5) is 0 Å². The number of fused-ring (bicyclic) bond motifs is 1. The molecule has 3 nitrogen and oxygen atoms in total. The van der Waals surface area contributed by atoms with Crippen molar-refractivity contribution in [3.63, 3.8) is 0 Å². The fourth-order valence-corrected chi connectivity index (χ4v) is 1.70. The van der Waals surface area contributed by atoms with Crippen molar-refractivity contribution in [1.82, 2.24) is 9.55 Å². The summed E-state index contributed by atoms with van der Waals surface area (Å²) in [6.45, 7) is 0. The van der Waals surface area contributed by atoms with E-state index in [1.165, 1.54) is 0 Å². The largest absolute Gasteiger partial charge is 0.321 e. The fourth-order valence-electron chi connectivity index (χ4n) is 1.34. The molecule has 0 amide bonds. The molecule has 0 aliphatic rings. The quantitative estimate of drug-likeness (QED) is 0.700. The Bertz CT molecular complexity index is 614. The predicted molar refractivity (Wildman–Crippen MR) is 59.4 cm³/mol. The average Bonchev–Trinajstić information content (AvgIpc) is 2.14. The monoisotopic (exact) mass is 226 g/mol.